The Bertz CT molecular complexity index is 434. The number of rotatable bonds is 5. The molecule has 1 atom stereocenters. The van der Waals surface area contributed by atoms with Crippen molar-refractivity contribution in [3.8, 4) is 5.75 Å². The predicted molar refractivity (Wildman–Crippen MR) is 81.5 cm³/mol. The molecule has 2 rings (SSSR count). The Kier molecular flexibility index (Phi) is 5.66. The standard InChI is InChI=1S/C15H23ClN2O2/c1-12(13-3-4-15(20-2)14(16)11-13)18-7-5-17(6-8-18)9-10-19/h3-4,11-12,19H,5-10H2,1-2H3/t12-/m1/s1. The van der Waals surface area contributed by atoms with Crippen molar-refractivity contribution < 1.29 is 9.84 Å². The number of hydrogen-bond acceptors (Lipinski definition) is 4. The maximum Gasteiger partial charge on any atom is 0.137 e. The van der Waals surface area contributed by atoms with Crippen LogP contribution in [0.25, 0.3) is 0 Å². The normalized spacial score (nSPS) is 19.0. The Balaban J connectivity index is 1.98. The zero-order valence-corrected chi connectivity index (χ0v) is 12.9. The molecule has 1 aromatic rings. The van der Waals surface area contributed by atoms with Crippen LogP contribution in [0.5, 0.6) is 5.75 Å². The molecule has 112 valence electrons. The molecular formula is C15H23ClN2O2. The van der Waals surface area contributed by atoms with Gasteiger partial charge in [0.2, 0.25) is 0 Å². The first kappa shape index (κ1) is 15.6. The summed E-state index contributed by atoms with van der Waals surface area (Å²) in [5, 5.41) is 9.63. The molecule has 0 aliphatic carbocycles. The van der Waals surface area contributed by atoms with Crippen molar-refractivity contribution in [2.45, 2.75) is 13.0 Å². The van der Waals surface area contributed by atoms with Gasteiger partial charge in [-0.05, 0) is 24.6 Å². The second-order valence-corrected chi connectivity index (χ2v) is 5.58. The van der Waals surface area contributed by atoms with E-state index in [1.807, 2.05) is 12.1 Å². The minimum Gasteiger partial charge on any atom is -0.495 e. The molecule has 0 bridgehead atoms. The highest BCUT2D eigenvalue weighted by molar-refractivity contribution is 6.32. The van der Waals surface area contributed by atoms with Gasteiger partial charge < -0.3 is 9.84 Å². The van der Waals surface area contributed by atoms with Crippen molar-refractivity contribution >= 4 is 11.6 Å². The van der Waals surface area contributed by atoms with Crippen LogP contribution in [-0.4, -0.2) is 61.3 Å². The number of aliphatic hydroxyl groups is 1. The molecule has 1 fully saturated rings. The molecule has 4 nitrogen and oxygen atoms in total. The van der Waals surface area contributed by atoms with Gasteiger partial charge in [0.1, 0.15) is 5.75 Å². The number of hydrogen-bond donors (Lipinski definition) is 1. The first-order chi connectivity index (χ1) is 9.65. The summed E-state index contributed by atoms with van der Waals surface area (Å²) in [6.45, 7) is 7.28. The van der Waals surface area contributed by atoms with Crippen molar-refractivity contribution in [1.29, 1.82) is 0 Å². The van der Waals surface area contributed by atoms with E-state index in [2.05, 4.69) is 22.8 Å². The molecule has 0 radical (unpaired) electrons. The van der Waals surface area contributed by atoms with E-state index < -0.39 is 0 Å². The van der Waals surface area contributed by atoms with E-state index in [4.69, 9.17) is 21.4 Å². The first-order valence-corrected chi connectivity index (χ1v) is 7.44. The lowest BCUT2D eigenvalue weighted by Crippen LogP contribution is -2.47. The maximum atomic E-state index is 8.97. The second kappa shape index (κ2) is 7.27. The third kappa shape index (κ3) is 3.64. The van der Waals surface area contributed by atoms with Crippen molar-refractivity contribution in [1.82, 2.24) is 9.80 Å². The second-order valence-electron chi connectivity index (χ2n) is 5.17. The van der Waals surface area contributed by atoms with Gasteiger partial charge in [0, 0.05) is 38.8 Å². The molecule has 20 heavy (non-hydrogen) atoms. The quantitative estimate of drug-likeness (QED) is 0.902. The minimum absolute atomic E-state index is 0.240. The molecule has 1 aliphatic heterocycles. The Hall–Kier alpha value is -0.810. The van der Waals surface area contributed by atoms with Gasteiger partial charge in [-0.25, -0.2) is 0 Å². The fourth-order valence-electron chi connectivity index (χ4n) is 2.67. The number of piperazine rings is 1. The van der Waals surface area contributed by atoms with Gasteiger partial charge in [-0.2, -0.15) is 0 Å². The largest absolute Gasteiger partial charge is 0.495 e. The summed E-state index contributed by atoms with van der Waals surface area (Å²) in [5.74, 6) is 0.718. The monoisotopic (exact) mass is 298 g/mol. The van der Waals surface area contributed by atoms with E-state index in [1.54, 1.807) is 7.11 Å². The predicted octanol–water partition coefficient (Wildman–Crippen LogP) is 2.02. The van der Waals surface area contributed by atoms with Crippen LogP contribution in [-0.2, 0) is 0 Å². The van der Waals surface area contributed by atoms with Crippen LogP contribution in [0, 0.1) is 0 Å². The van der Waals surface area contributed by atoms with Gasteiger partial charge in [-0.15, -0.1) is 0 Å². The minimum atomic E-state index is 0.240. The number of methoxy groups -OCH3 is 1. The van der Waals surface area contributed by atoms with Crippen LogP contribution >= 0.6 is 11.6 Å². The average Bonchev–Trinajstić information content (AvgIpc) is 2.47. The van der Waals surface area contributed by atoms with Gasteiger partial charge in [0.05, 0.1) is 18.7 Å². The summed E-state index contributed by atoms with van der Waals surface area (Å²) in [5.41, 5.74) is 1.21. The summed E-state index contributed by atoms with van der Waals surface area (Å²) in [7, 11) is 1.63. The SMILES string of the molecule is COc1ccc([C@@H](C)N2CCN(CCO)CC2)cc1Cl. The third-order valence-electron chi connectivity index (χ3n) is 4.03. The Morgan fingerprint density at radius 2 is 2.00 bits per heavy atom. The highest BCUT2D eigenvalue weighted by atomic mass is 35.5. The van der Waals surface area contributed by atoms with Crippen molar-refractivity contribution in [2.24, 2.45) is 0 Å². The van der Waals surface area contributed by atoms with E-state index in [0.717, 1.165) is 38.5 Å². The Morgan fingerprint density at radius 3 is 2.55 bits per heavy atom. The van der Waals surface area contributed by atoms with Crippen molar-refractivity contribution in [3.05, 3.63) is 28.8 Å². The van der Waals surface area contributed by atoms with Gasteiger partial charge in [-0.3, -0.25) is 9.80 Å². The van der Waals surface area contributed by atoms with Crippen LogP contribution in [0.2, 0.25) is 5.02 Å². The number of aliphatic hydroxyl groups excluding tert-OH is 1. The van der Waals surface area contributed by atoms with E-state index in [1.165, 1.54) is 5.56 Å². The molecule has 1 aliphatic rings. The van der Waals surface area contributed by atoms with Crippen molar-refractivity contribution in [2.75, 3.05) is 46.4 Å². The lowest BCUT2D eigenvalue weighted by Gasteiger charge is -2.38. The van der Waals surface area contributed by atoms with Crippen LogP contribution in [0.3, 0.4) is 0 Å². The summed E-state index contributed by atoms with van der Waals surface area (Å²) in [4.78, 5) is 4.75. The molecule has 0 spiro atoms. The molecule has 0 amide bonds. The van der Waals surface area contributed by atoms with Crippen LogP contribution in [0.15, 0.2) is 18.2 Å². The van der Waals surface area contributed by atoms with E-state index >= 15 is 0 Å². The van der Waals surface area contributed by atoms with E-state index in [-0.39, 0.29) is 6.61 Å². The van der Waals surface area contributed by atoms with Crippen LogP contribution in [0.4, 0.5) is 0 Å². The number of halogens is 1. The number of β-amino-alcohol motifs (C(OH)–C–C–N with tert-alkyl or cyclic N) is 1. The van der Waals surface area contributed by atoms with Crippen LogP contribution in [0.1, 0.15) is 18.5 Å². The first-order valence-electron chi connectivity index (χ1n) is 7.06. The lowest BCUT2D eigenvalue weighted by atomic mass is 10.1. The maximum absolute atomic E-state index is 8.97. The topological polar surface area (TPSA) is 35.9 Å². The molecule has 1 saturated heterocycles. The van der Waals surface area contributed by atoms with Gasteiger partial charge >= 0.3 is 0 Å². The zero-order valence-electron chi connectivity index (χ0n) is 12.2. The lowest BCUT2D eigenvalue weighted by molar-refractivity contribution is 0.0888. The fraction of sp³-hybridized carbons (Fsp3) is 0.600. The number of ether oxygens (including phenoxy) is 1. The number of nitrogens with zero attached hydrogens (tertiary/aromatic N) is 2. The summed E-state index contributed by atoms with van der Waals surface area (Å²) in [6, 6.07) is 6.34. The van der Waals surface area contributed by atoms with Gasteiger partial charge in [0.15, 0.2) is 0 Å². The molecule has 0 aromatic heterocycles. The zero-order chi connectivity index (χ0) is 14.5. The van der Waals surface area contributed by atoms with Crippen molar-refractivity contribution in [3.63, 3.8) is 0 Å². The van der Waals surface area contributed by atoms with E-state index in [9.17, 15) is 0 Å². The van der Waals surface area contributed by atoms with Gasteiger partial charge in [-0.1, -0.05) is 17.7 Å². The summed E-state index contributed by atoms with van der Waals surface area (Å²) >= 11 is 6.20. The molecule has 1 N–H and O–H groups in total. The molecule has 1 heterocycles. The summed E-state index contributed by atoms with van der Waals surface area (Å²) < 4.78 is 5.19. The smallest absolute Gasteiger partial charge is 0.137 e. The fourth-order valence-corrected chi connectivity index (χ4v) is 2.94. The molecule has 0 saturated carbocycles. The molecule has 1 aromatic carbocycles. The Labute approximate surface area is 125 Å². The third-order valence-corrected chi connectivity index (χ3v) is 4.32. The highest BCUT2D eigenvalue weighted by Crippen LogP contribution is 2.30. The number of benzene rings is 1. The van der Waals surface area contributed by atoms with E-state index in [0.29, 0.717) is 11.1 Å². The van der Waals surface area contributed by atoms with Gasteiger partial charge in [0.25, 0.3) is 0 Å². The Morgan fingerprint density at radius 1 is 1.30 bits per heavy atom. The van der Waals surface area contributed by atoms with Crippen LogP contribution < -0.4 is 4.74 Å². The highest BCUT2D eigenvalue weighted by Gasteiger charge is 2.22. The molecule has 5 heteroatoms. The molecular weight excluding hydrogens is 276 g/mol. The molecule has 0 unspecified atom stereocenters. The summed E-state index contributed by atoms with van der Waals surface area (Å²) in [6.07, 6.45) is 0. The average molecular weight is 299 g/mol.